The Kier molecular flexibility index (Phi) is 2.37. The molecule has 1 aliphatic heterocycles. The highest BCUT2D eigenvalue weighted by molar-refractivity contribution is 7.10. The summed E-state index contributed by atoms with van der Waals surface area (Å²) in [5.74, 6) is 0. The van der Waals surface area contributed by atoms with Gasteiger partial charge in [0.1, 0.15) is 0 Å². The Balaban J connectivity index is 1.94. The smallest absolute Gasteiger partial charge is 0.0140 e. The highest BCUT2D eigenvalue weighted by Gasteiger charge is 2.39. The third kappa shape index (κ3) is 1.55. The van der Waals surface area contributed by atoms with E-state index in [1.165, 1.54) is 45.2 Å². The van der Waals surface area contributed by atoms with Crippen molar-refractivity contribution in [2.75, 3.05) is 20.1 Å². The maximum absolute atomic E-state index is 2.48. The van der Waals surface area contributed by atoms with Gasteiger partial charge in [-0.1, -0.05) is 0 Å². The van der Waals surface area contributed by atoms with Gasteiger partial charge in [0.15, 0.2) is 0 Å². The average Bonchev–Trinajstić information content (AvgIpc) is 2.72. The zero-order chi connectivity index (χ0) is 10.3. The third-order valence-corrected chi connectivity index (χ3v) is 5.48. The number of hydrogen-bond acceptors (Lipinski definition) is 2. The van der Waals surface area contributed by atoms with Crippen LogP contribution in [-0.4, -0.2) is 25.0 Å². The van der Waals surface area contributed by atoms with Crippen LogP contribution in [0.3, 0.4) is 0 Å². The summed E-state index contributed by atoms with van der Waals surface area (Å²) in [7, 11) is 2.25. The molecule has 15 heavy (non-hydrogen) atoms. The molecule has 1 saturated heterocycles. The van der Waals surface area contributed by atoms with E-state index in [1.54, 1.807) is 10.4 Å². The Morgan fingerprint density at radius 3 is 2.87 bits per heavy atom. The molecule has 0 unspecified atom stereocenters. The van der Waals surface area contributed by atoms with Crippen molar-refractivity contribution in [2.24, 2.45) is 0 Å². The van der Waals surface area contributed by atoms with Gasteiger partial charge in [0.2, 0.25) is 0 Å². The van der Waals surface area contributed by atoms with Crippen LogP contribution < -0.4 is 0 Å². The van der Waals surface area contributed by atoms with E-state index in [0.29, 0.717) is 5.41 Å². The van der Waals surface area contributed by atoms with Gasteiger partial charge < -0.3 is 4.90 Å². The number of fused-ring (bicyclic) bond motifs is 2. The number of hydrogen-bond donors (Lipinski definition) is 0. The Hall–Kier alpha value is -0.340. The highest BCUT2D eigenvalue weighted by atomic mass is 32.1. The molecule has 3 rings (SSSR count). The first kappa shape index (κ1) is 9.86. The molecule has 0 radical (unpaired) electrons. The molecule has 0 N–H and O–H groups in total. The van der Waals surface area contributed by atoms with Crippen molar-refractivity contribution in [1.82, 2.24) is 4.90 Å². The first-order valence-corrected chi connectivity index (χ1v) is 6.94. The lowest BCUT2D eigenvalue weighted by atomic mass is 9.69. The molecule has 0 amide bonds. The van der Waals surface area contributed by atoms with Crippen molar-refractivity contribution in [2.45, 2.75) is 37.5 Å². The van der Waals surface area contributed by atoms with Crippen molar-refractivity contribution in [3.8, 4) is 0 Å². The summed E-state index contributed by atoms with van der Waals surface area (Å²) in [5, 5.41) is 2.30. The second kappa shape index (κ2) is 3.60. The summed E-state index contributed by atoms with van der Waals surface area (Å²) < 4.78 is 0. The Bertz CT molecular complexity index is 347. The maximum Gasteiger partial charge on any atom is 0.0140 e. The van der Waals surface area contributed by atoms with E-state index in [0.717, 1.165) is 0 Å². The quantitative estimate of drug-likeness (QED) is 0.651. The molecule has 1 aliphatic carbocycles. The fourth-order valence-corrected chi connectivity index (χ4v) is 4.50. The van der Waals surface area contributed by atoms with Gasteiger partial charge in [-0.2, -0.15) is 0 Å². The second-order valence-electron chi connectivity index (χ2n) is 5.21. The van der Waals surface area contributed by atoms with Crippen molar-refractivity contribution in [3.63, 3.8) is 0 Å². The van der Waals surface area contributed by atoms with Crippen LogP contribution in [0.25, 0.3) is 0 Å². The third-order valence-electron chi connectivity index (χ3n) is 4.27. The van der Waals surface area contributed by atoms with E-state index in [9.17, 15) is 0 Å². The minimum Gasteiger partial charge on any atom is -0.306 e. The fourth-order valence-electron chi connectivity index (χ4n) is 3.25. The molecule has 2 aliphatic rings. The Morgan fingerprint density at radius 2 is 2.07 bits per heavy atom. The topological polar surface area (TPSA) is 3.24 Å². The average molecular weight is 221 g/mol. The summed E-state index contributed by atoms with van der Waals surface area (Å²) in [5.41, 5.74) is 2.24. The van der Waals surface area contributed by atoms with Crippen LogP contribution in [0, 0.1) is 0 Å². The van der Waals surface area contributed by atoms with Gasteiger partial charge >= 0.3 is 0 Å². The minimum atomic E-state index is 0.578. The number of rotatable bonds is 0. The summed E-state index contributed by atoms with van der Waals surface area (Å²) in [6.45, 7) is 2.58. The Labute approximate surface area is 96.1 Å². The lowest BCUT2D eigenvalue weighted by molar-refractivity contribution is 0.173. The standard InChI is InChI=1S/C13H19NS/c1-14-8-6-13(7-9-14)5-2-3-11-4-10-15-12(11)13/h4,10H,2-3,5-9H2,1H3. The highest BCUT2D eigenvalue weighted by Crippen LogP contribution is 2.46. The molecule has 82 valence electrons. The van der Waals surface area contributed by atoms with E-state index in [-0.39, 0.29) is 0 Å². The van der Waals surface area contributed by atoms with Crippen LogP contribution in [0.4, 0.5) is 0 Å². The SMILES string of the molecule is CN1CCC2(CCCc3ccsc32)CC1. The molecule has 0 aromatic carbocycles. The predicted octanol–water partition coefficient (Wildman–Crippen LogP) is 3.05. The predicted molar refractivity (Wildman–Crippen MR) is 65.7 cm³/mol. The summed E-state index contributed by atoms with van der Waals surface area (Å²) in [4.78, 5) is 4.22. The fraction of sp³-hybridized carbons (Fsp3) is 0.692. The first-order valence-electron chi connectivity index (χ1n) is 6.06. The molecule has 1 fully saturated rings. The van der Waals surface area contributed by atoms with Crippen LogP contribution in [0.5, 0.6) is 0 Å². The molecule has 2 heterocycles. The lowest BCUT2D eigenvalue weighted by Gasteiger charge is -2.43. The van der Waals surface area contributed by atoms with Crippen molar-refractivity contribution >= 4 is 11.3 Å². The number of likely N-dealkylation sites (tertiary alicyclic amines) is 1. The van der Waals surface area contributed by atoms with E-state index in [4.69, 9.17) is 0 Å². The van der Waals surface area contributed by atoms with Gasteiger partial charge in [-0.25, -0.2) is 0 Å². The molecule has 0 atom stereocenters. The molecule has 1 nitrogen and oxygen atoms in total. The zero-order valence-corrected chi connectivity index (χ0v) is 10.3. The van der Waals surface area contributed by atoms with Gasteiger partial charge in [-0.15, -0.1) is 11.3 Å². The lowest BCUT2D eigenvalue weighted by Crippen LogP contribution is -2.42. The van der Waals surface area contributed by atoms with Gasteiger partial charge in [0, 0.05) is 10.3 Å². The number of aryl methyl sites for hydroxylation is 1. The van der Waals surface area contributed by atoms with Crippen molar-refractivity contribution in [1.29, 1.82) is 0 Å². The molecule has 0 bridgehead atoms. The zero-order valence-electron chi connectivity index (χ0n) is 9.46. The molecule has 1 aromatic rings. The molecular formula is C13H19NS. The normalized spacial score (nSPS) is 25.4. The monoisotopic (exact) mass is 221 g/mol. The number of thiophene rings is 1. The largest absolute Gasteiger partial charge is 0.306 e. The van der Waals surface area contributed by atoms with E-state index >= 15 is 0 Å². The van der Waals surface area contributed by atoms with E-state index < -0.39 is 0 Å². The molecule has 0 saturated carbocycles. The minimum absolute atomic E-state index is 0.578. The van der Waals surface area contributed by atoms with Gasteiger partial charge in [-0.3, -0.25) is 0 Å². The number of nitrogens with zero attached hydrogens (tertiary/aromatic N) is 1. The van der Waals surface area contributed by atoms with Gasteiger partial charge in [0.25, 0.3) is 0 Å². The molecule has 2 heteroatoms. The first-order chi connectivity index (χ1) is 7.30. The molecule has 1 aromatic heterocycles. The van der Waals surface area contributed by atoms with Crippen LogP contribution in [0.1, 0.15) is 36.1 Å². The molecular weight excluding hydrogens is 202 g/mol. The van der Waals surface area contributed by atoms with E-state index in [2.05, 4.69) is 23.4 Å². The summed E-state index contributed by atoms with van der Waals surface area (Å²) in [6.07, 6.45) is 6.95. The summed E-state index contributed by atoms with van der Waals surface area (Å²) in [6, 6.07) is 2.36. The maximum atomic E-state index is 2.48. The Morgan fingerprint density at radius 1 is 1.27 bits per heavy atom. The summed E-state index contributed by atoms with van der Waals surface area (Å²) >= 11 is 2.01. The van der Waals surface area contributed by atoms with Gasteiger partial charge in [0.05, 0.1) is 0 Å². The van der Waals surface area contributed by atoms with Crippen LogP contribution in [0.15, 0.2) is 11.4 Å². The van der Waals surface area contributed by atoms with Crippen molar-refractivity contribution < 1.29 is 0 Å². The second-order valence-corrected chi connectivity index (χ2v) is 6.13. The van der Waals surface area contributed by atoms with E-state index in [1.807, 2.05) is 11.3 Å². The van der Waals surface area contributed by atoms with Gasteiger partial charge in [-0.05, 0) is 69.3 Å². The number of piperidine rings is 1. The molecule has 1 spiro atoms. The van der Waals surface area contributed by atoms with Crippen LogP contribution >= 0.6 is 11.3 Å². The van der Waals surface area contributed by atoms with Crippen molar-refractivity contribution in [3.05, 3.63) is 21.9 Å². The van der Waals surface area contributed by atoms with Crippen LogP contribution in [0.2, 0.25) is 0 Å². The van der Waals surface area contributed by atoms with Crippen LogP contribution in [-0.2, 0) is 11.8 Å².